The predicted molar refractivity (Wildman–Crippen MR) is 59.9 cm³/mol. The molecule has 1 aromatic rings. The highest BCUT2D eigenvalue weighted by atomic mass is 79.9. The number of rotatable bonds is 4. The summed E-state index contributed by atoms with van der Waals surface area (Å²) in [5.74, 6) is 0.131. The third-order valence-corrected chi connectivity index (χ3v) is 4.60. The molecule has 0 spiro atoms. The lowest BCUT2D eigenvalue weighted by Crippen LogP contribution is -2.17. The Morgan fingerprint density at radius 2 is 2.20 bits per heavy atom. The van der Waals surface area contributed by atoms with Crippen molar-refractivity contribution in [2.24, 2.45) is 0 Å². The fourth-order valence-electron chi connectivity index (χ4n) is 0.925. The average Bonchev–Trinajstić information content (AvgIpc) is 2.19. The number of H-pyrrole nitrogens is 1. The third-order valence-electron chi connectivity index (χ3n) is 1.61. The van der Waals surface area contributed by atoms with E-state index in [1.165, 1.54) is 0 Å². The molecule has 0 radical (unpaired) electrons. The van der Waals surface area contributed by atoms with Crippen LogP contribution in [0, 0.1) is 0 Å². The molecular weight excluding hydrogens is 308 g/mol. The quantitative estimate of drug-likeness (QED) is 0.662. The molecule has 0 unspecified atom stereocenters. The van der Waals surface area contributed by atoms with Gasteiger partial charge in [0, 0.05) is 5.88 Å². The lowest BCUT2D eigenvalue weighted by Gasteiger charge is -2.02. The number of nitrogens with one attached hydrogen (secondary N) is 1. The van der Waals surface area contributed by atoms with Crippen molar-refractivity contribution in [2.45, 2.75) is 11.4 Å². The van der Waals surface area contributed by atoms with E-state index in [1.54, 1.807) is 0 Å². The second-order valence-electron chi connectivity index (χ2n) is 2.71. The van der Waals surface area contributed by atoms with Gasteiger partial charge in [-0.2, -0.15) is 0 Å². The molecule has 84 valence electrons. The van der Waals surface area contributed by atoms with Crippen molar-refractivity contribution >= 4 is 37.4 Å². The summed E-state index contributed by atoms with van der Waals surface area (Å²) < 4.78 is 23.3. The van der Waals surface area contributed by atoms with E-state index in [2.05, 4.69) is 25.9 Å². The molecule has 5 nitrogen and oxygen atoms in total. The minimum atomic E-state index is -3.54. The van der Waals surface area contributed by atoms with Gasteiger partial charge in [0.25, 0.3) is 5.56 Å². The summed E-state index contributed by atoms with van der Waals surface area (Å²) >= 11 is 8.29. The van der Waals surface area contributed by atoms with Crippen molar-refractivity contribution in [3.05, 3.63) is 21.2 Å². The van der Waals surface area contributed by atoms with Crippen molar-refractivity contribution in [1.82, 2.24) is 9.97 Å². The second kappa shape index (κ2) is 5.09. The van der Waals surface area contributed by atoms with Gasteiger partial charge in [-0.3, -0.25) is 4.79 Å². The Kier molecular flexibility index (Phi) is 4.30. The number of aromatic amines is 1. The molecule has 0 bridgehead atoms. The van der Waals surface area contributed by atoms with Crippen LogP contribution in [0.1, 0.15) is 6.42 Å². The summed E-state index contributed by atoms with van der Waals surface area (Å²) in [6, 6.07) is 0. The lowest BCUT2D eigenvalue weighted by molar-refractivity contribution is 0.589. The molecule has 0 aliphatic heterocycles. The van der Waals surface area contributed by atoms with E-state index in [1.807, 2.05) is 0 Å². The molecule has 0 aliphatic carbocycles. The van der Waals surface area contributed by atoms with Gasteiger partial charge in [0.2, 0.25) is 0 Å². The van der Waals surface area contributed by atoms with Gasteiger partial charge in [0.05, 0.1) is 12.1 Å². The predicted octanol–water partition coefficient (Wildman–Crippen LogP) is 0.935. The van der Waals surface area contributed by atoms with Gasteiger partial charge in [0.15, 0.2) is 14.9 Å². The zero-order valence-corrected chi connectivity index (χ0v) is 10.7. The summed E-state index contributed by atoms with van der Waals surface area (Å²) in [6.45, 7) is 0. The summed E-state index contributed by atoms with van der Waals surface area (Å²) in [6.07, 6.45) is 1.38. The van der Waals surface area contributed by atoms with Gasteiger partial charge < -0.3 is 4.98 Å². The summed E-state index contributed by atoms with van der Waals surface area (Å²) in [7, 11) is -3.54. The highest BCUT2D eigenvalue weighted by Crippen LogP contribution is 2.16. The Balaban J connectivity index is 3.16. The van der Waals surface area contributed by atoms with Crippen LogP contribution >= 0.6 is 27.5 Å². The fraction of sp³-hybridized carbons (Fsp3) is 0.429. The fourth-order valence-corrected chi connectivity index (χ4v) is 3.47. The highest BCUT2D eigenvalue weighted by molar-refractivity contribution is 9.10. The number of hydrogen-bond donors (Lipinski definition) is 1. The monoisotopic (exact) mass is 314 g/mol. The van der Waals surface area contributed by atoms with Crippen molar-refractivity contribution < 1.29 is 8.42 Å². The molecule has 1 rings (SSSR count). The molecule has 8 heteroatoms. The first-order valence-electron chi connectivity index (χ1n) is 4.01. The first kappa shape index (κ1) is 12.7. The molecule has 0 atom stereocenters. The van der Waals surface area contributed by atoms with Crippen LogP contribution in [0.15, 0.2) is 20.6 Å². The number of aromatic nitrogens is 2. The SMILES string of the molecule is O=c1[nH]cnc(S(=O)(=O)CCCCl)c1Br. The maximum Gasteiger partial charge on any atom is 0.266 e. The Hall–Kier alpha value is -0.400. The zero-order valence-electron chi connectivity index (χ0n) is 7.53. The minimum absolute atomic E-state index is 0.0698. The molecule has 0 aliphatic rings. The number of sulfone groups is 1. The number of halogens is 2. The van der Waals surface area contributed by atoms with Crippen LogP contribution in [0.2, 0.25) is 0 Å². The molecular formula is C7H8BrClN2O3S. The van der Waals surface area contributed by atoms with E-state index in [0.717, 1.165) is 6.33 Å². The first-order chi connectivity index (χ1) is 6.99. The summed E-state index contributed by atoms with van der Waals surface area (Å²) in [5, 5.41) is -0.239. The Labute approximate surface area is 99.9 Å². The average molecular weight is 316 g/mol. The topological polar surface area (TPSA) is 79.9 Å². The number of hydrogen-bond acceptors (Lipinski definition) is 4. The van der Waals surface area contributed by atoms with E-state index >= 15 is 0 Å². The number of alkyl halides is 1. The van der Waals surface area contributed by atoms with E-state index in [-0.39, 0.29) is 21.1 Å². The summed E-state index contributed by atoms with van der Waals surface area (Å²) in [4.78, 5) is 17.0. The Bertz CT molecular complexity index is 499. The van der Waals surface area contributed by atoms with Gasteiger partial charge in [-0.25, -0.2) is 13.4 Å². The highest BCUT2D eigenvalue weighted by Gasteiger charge is 2.20. The molecule has 1 heterocycles. The van der Waals surface area contributed by atoms with Crippen LogP contribution in [0.5, 0.6) is 0 Å². The standard InChI is InChI=1S/C7H8BrClN2O3S/c8-5-6(12)10-4-11-7(5)15(13,14)3-1-2-9/h4H,1-3H2,(H,10,11,12). The van der Waals surface area contributed by atoms with Gasteiger partial charge in [-0.05, 0) is 22.4 Å². The largest absolute Gasteiger partial charge is 0.312 e. The minimum Gasteiger partial charge on any atom is -0.312 e. The molecule has 0 saturated heterocycles. The molecule has 0 saturated carbocycles. The molecule has 0 fully saturated rings. The second-order valence-corrected chi connectivity index (χ2v) is 5.91. The van der Waals surface area contributed by atoms with Crippen LogP contribution in [-0.2, 0) is 9.84 Å². The van der Waals surface area contributed by atoms with E-state index < -0.39 is 15.4 Å². The first-order valence-corrected chi connectivity index (χ1v) is 6.99. The Morgan fingerprint density at radius 1 is 1.53 bits per heavy atom. The summed E-state index contributed by atoms with van der Waals surface area (Å²) in [5.41, 5.74) is -0.519. The van der Waals surface area contributed by atoms with E-state index in [0.29, 0.717) is 6.42 Å². The maximum atomic E-state index is 11.7. The van der Waals surface area contributed by atoms with Crippen molar-refractivity contribution in [3.63, 3.8) is 0 Å². The zero-order chi connectivity index (χ0) is 11.5. The normalized spacial score (nSPS) is 11.6. The lowest BCUT2D eigenvalue weighted by atomic mass is 10.6. The maximum absolute atomic E-state index is 11.7. The van der Waals surface area contributed by atoms with Gasteiger partial charge in [-0.1, -0.05) is 0 Å². The van der Waals surface area contributed by atoms with Gasteiger partial charge >= 0.3 is 0 Å². The van der Waals surface area contributed by atoms with Gasteiger partial charge in [-0.15, -0.1) is 11.6 Å². The molecule has 1 N–H and O–H groups in total. The van der Waals surface area contributed by atoms with E-state index in [4.69, 9.17) is 11.6 Å². The van der Waals surface area contributed by atoms with Crippen molar-refractivity contribution in [2.75, 3.05) is 11.6 Å². The Morgan fingerprint density at radius 3 is 2.80 bits per heavy atom. The molecule has 15 heavy (non-hydrogen) atoms. The van der Waals surface area contributed by atoms with Crippen LogP contribution < -0.4 is 5.56 Å². The molecule has 1 aromatic heterocycles. The van der Waals surface area contributed by atoms with Crippen LogP contribution in [0.3, 0.4) is 0 Å². The third kappa shape index (κ3) is 3.02. The molecule has 0 amide bonds. The van der Waals surface area contributed by atoms with Crippen LogP contribution in [0.4, 0.5) is 0 Å². The van der Waals surface area contributed by atoms with Crippen LogP contribution in [0.25, 0.3) is 0 Å². The smallest absolute Gasteiger partial charge is 0.266 e. The number of nitrogens with zero attached hydrogens (tertiary/aromatic N) is 1. The van der Waals surface area contributed by atoms with E-state index in [9.17, 15) is 13.2 Å². The molecule has 0 aromatic carbocycles. The van der Waals surface area contributed by atoms with Gasteiger partial charge in [0.1, 0.15) is 4.47 Å². The van der Waals surface area contributed by atoms with Crippen molar-refractivity contribution in [1.29, 1.82) is 0 Å². The van der Waals surface area contributed by atoms with Crippen LogP contribution in [-0.4, -0.2) is 30.0 Å². The van der Waals surface area contributed by atoms with Crippen molar-refractivity contribution in [3.8, 4) is 0 Å².